The van der Waals surface area contributed by atoms with E-state index in [1.54, 1.807) is 0 Å². The average molecular weight is 468 g/mol. The van der Waals surface area contributed by atoms with E-state index in [9.17, 15) is 19.5 Å². The maximum Gasteiger partial charge on any atom is 0.407 e. The molecule has 1 aliphatic carbocycles. The minimum atomic E-state index is -1.15. The summed E-state index contributed by atoms with van der Waals surface area (Å²) in [6.07, 6.45) is -0.130. The van der Waals surface area contributed by atoms with Crippen molar-refractivity contribution in [1.29, 1.82) is 5.41 Å². The number of ether oxygens (including phenoxy) is 1. The summed E-state index contributed by atoms with van der Waals surface area (Å²) < 4.78 is 5.42. The average Bonchev–Trinajstić information content (AvgIpc) is 3.13. The zero-order valence-corrected chi connectivity index (χ0v) is 18.7. The first-order chi connectivity index (χ1) is 16.4. The highest BCUT2D eigenvalue weighted by atomic mass is 16.5. The van der Waals surface area contributed by atoms with Gasteiger partial charge in [-0.15, -0.1) is 0 Å². The van der Waals surface area contributed by atoms with E-state index >= 15 is 0 Å². The second-order valence-electron chi connectivity index (χ2n) is 7.94. The summed E-state index contributed by atoms with van der Waals surface area (Å²) in [6, 6.07) is 15.0. The monoisotopic (exact) mass is 467 g/mol. The summed E-state index contributed by atoms with van der Waals surface area (Å²) >= 11 is 0. The highest BCUT2D eigenvalue weighted by Gasteiger charge is 2.29. The van der Waals surface area contributed by atoms with Crippen molar-refractivity contribution in [3.63, 3.8) is 0 Å². The van der Waals surface area contributed by atoms with Gasteiger partial charge in [-0.3, -0.25) is 10.2 Å². The van der Waals surface area contributed by atoms with Gasteiger partial charge in [0.05, 0.1) is 0 Å². The van der Waals surface area contributed by atoms with Crippen LogP contribution in [0, 0.1) is 5.41 Å². The molecule has 1 aliphatic rings. The van der Waals surface area contributed by atoms with Gasteiger partial charge in [0.1, 0.15) is 12.6 Å². The van der Waals surface area contributed by atoms with E-state index in [2.05, 4.69) is 28.1 Å². The number of rotatable bonds is 11. The first-order valence-electron chi connectivity index (χ1n) is 11.1. The lowest BCUT2D eigenvalue weighted by Crippen LogP contribution is -2.42. The molecule has 0 radical (unpaired) electrons. The van der Waals surface area contributed by atoms with Crippen molar-refractivity contribution in [2.45, 2.75) is 31.2 Å². The van der Waals surface area contributed by atoms with Gasteiger partial charge in [0, 0.05) is 25.4 Å². The fourth-order valence-corrected chi connectivity index (χ4v) is 3.98. The number of carboxylic acid groups (broad SMARTS) is 1. The largest absolute Gasteiger partial charge is 0.480 e. The second-order valence-corrected chi connectivity index (χ2v) is 7.94. The number of carbonyl (C=O) groups is 3. The van der Waals surface area contributed by atoms with Gasteiger partial charge < -0.3 is 31.5 Å². The smallest absolute Gasteiger partial charge is 0.407 e. The zero-order chi connectivity index (χ0) is 24.5. The third-order valence-electron chi connectivity index (χ3n) is 5.58. The predicted octanol–water partition coefficient (Wildman–Crippen LogP) is 1.75. The molecule has 34 heavy (non-hydrogen) atoms. The SMILES string of the molecule is N=C(N)NCCC[C@@H](NC(=O)CCNC(=O)OCC1c2ccccc2-c2ccccc21)C(=O)O. The van der Waals surface area contributed by atoms with Gasteiger partial charge in [-0.05, 0) is 35.1 Å². The normalized spacial score (nSPS) is 12.7. The summed E-state index contributed by atoms with van der Waals surface area (Å²) in [4.78, 5) is 35.6. The summed E-state index contributed by atoms with van der Waals surface area (Å²) in [5.41, 5.74) is 9.65. The van der Waals surface area contributed by atoms with Crippen molar-refractivity contribution < 1.29 is 24.2 Å². The number of amides is 2. The van der Waals surface area contributed by atoms with Crippen LogP contribution in [-0.2, 0) is 14.3 Å². The van der Waals surface area contributed by atoms with Gasteiger partial charge in [-0.2, -0.15) is 0 Å². The third kappa shape index (κ3) is 6.47. The number of nitrogens with two attached hydrogens (primary N) is 1. The number of nitrogens with one attached hydrogen (secondary N) is 4. The molecule has 0 unspecified atom stereocenters. The Labute approximate surface area is 197 Å². The van der Waals surface area contributed by atoms with Crippen LogP contribution in [0.3, 0.4) is 0 Å². The molecule has 0 bridgehead atoms. The highest BCUT2D eigenvalue weighted by Crippen LogP contribution is 2.44. The van der Waals surface area contributed by atoms with Crippen molar-refractivity contribution in [3.05, 3.63) is 59.7 Å². The standard InChI is InChI=1S/C24H29N5O5/c25-23(26)27-12-5-10-20(22(31)32)29-21(30)11-13-28-24(33)34-14-19-17-8-3-1-6-15(17)16-7-2-4-9-18(16)19/h1-4,6-9,19-20H,5,10-14H2,(H,28,33)(H,29,30)(H,31,32)(H4,25,26,27)/t20-/m1/s1. The van der Waals surface area contributed by atoms with Gasteiger partial charge in [0.15, 0.2) is 5.96 Å². The van der Waals surface area contributed by atoms with Crippen molar-refractivity contribution in [2.24, 2.45) is 5.73 Å². The number of hydrogen-bond acceptors (Lipinski definition) is 5. The van der Waals surface area contributed by atoms with Gasteiger partial charge >= 0.3 is 12.1 Å². The zero-order valence-electron chi connectivity index (χ0n) is 18.7. The lowest BCUT2D eigenvalue weighted by molar-refractivity contribution is -0.142. The van der Waals surface area contributed by atoms with Crippen molar-refractivity contribution in [1.82, 2.24) is 16.0 Å². The van der Waals surface area contributed by atoms with Gasteiger partial charge in [-0.1, -0.05) is 48.5 Å². The Bertz CT molecular complexity index is 1010. The van der Waals surface area contributed by atoms with Crippen molar-refractivity contribution in [3.8, 4) is 11.1 Å². The maximum absolute atomic E-state index is 12.2. The Hall–Kier alpha value is -4.08. The van der Waals surface area contributed by atoms with Crippen LogP contribution in [-0.4, -0.2) is 54.8 Å². The van der Waals surface area contributed by atoms with E-state index in [0.717, 1.165) is 22.3 Å². The molecule has 2 aromatic rings. The van der Waals surface area contributed by atoms with Crippen LogP contribution in [0.5, 0.6) is 0 Å². The Morgan fingerprint density at radius 1 is 1.00 bits per heavy atom. The number of carboxylic acids is 1. The van der Waals surface area contributed by atoms with Crippen LogP contribution in [0.15, 0.2) is 48.5 Å². The van der Waals surface area contributed by atoms with Crippen LogP contribution in [0.25, 0.3) is 11.1 Å². The summed E-state index contributed by atoms with van der Waals surface area (Å²) in [7, 11) is 0. The summed E-state index contributed by atoms with van der Waals surface area (Å²) in [6.45, 7) is 0.514. The Kier molecular flexibility index (Phi) is 8.44. The minimum absolute atomic E-state index is 0.0146. The summed E-state index contributed by atoms with van der Waals surface area (Å²) in [5, 5.41) is 23.9. The molecule has 10 heteroatoms. The van der Waals surface area contributed by atoms with E-state index in [4.69, 9.17) is 15.9 Å². The molecule has 0 saturated heterocycles. The first-order valence-corrected chi connectivity index (χ1v) is 11.1. The van der Waals surface area contributed by atoms with Crippen LogP contribution < -0.4 is 21.7 Å². The molecule has 2 amide bonds. The number of aliphatic carboxylic acids is 1. The molecular weight excluding hydrogens is 438 g/mol. The maximum atomic E-state index is 12.2. The molecule has 0 aromatic heterocycles. The van der Waals surface area contributed by atoms with Crippen molar-refractivity contribution in [2.75, 3.05) is 19.7 Å². The molecule has 3 rings (SSSR count). The molecule has 180 valence electrons. The minimum Gasteiger partial charge on any atom is -0.480 e. The second kappa shape index (κ2) is 11.7. The first kappa shape index (κ1) is 24.6. The Morgan fingerprint density at radius 3 is 2.21 bits per heavy atom. The van der Waals surface area contributed by atoms with E-state index in [0.29, 0.717) is 13.0 Å². The van der Waals surface area contributed by atoms with Crippen LogP contribution >= 0.6 is 0 Å². The number of benzene rings is 2. The third-order valence-corrected chi connectivity index (χ3v) is 5.58. The topological polar surface area (TPSA) is 167 Å². The number of fused-ring (bicyclic) bond motifs is 3. The van der Waals surface area contributed by atoms with E-state index in [-0.39, 0.29) is 37.9 Å². The predicted molar refractivity (Wildman–Crippen MR) is 126 cm³/mol. The molecular formula is C24H29N5O5. The van der Waals surface area contributed by atoms with Crippen LogP contribution in [0.4, 0.5) is 4.79 Å². The molecule has 2 aromatic carbocycles. The Balaban J connectivity index is 1.41. The molecule has 0 fully saturated rings. The van der Waals surface area contributed by atoms with E-state index < -0.39 is 24.0 Å². The fourth-order valence-electron chi connectivity index (χ4n) is 3.98. The Morgan fingerprint density at radius 2 is 1.62 bits per heavy atom. The van der Waals surface area contributed by atoms with Gasteiger partial charge in [0.2, 0.25) is 5.91 Å². The lowest BCUT2D eigenvalue weighted by Gasteiger charge is -2.16. The molecule has 0 aliphatic heterocycles. The van der Waals surface area contributed by atoms with Gasteiger partial charge in [0.25, 0.3) is 0 Å². The quantitative estimate of drug-likeness (QED) is 0.166. The van der Waals surface area contributed by atoms with Crippen LogP contribution in [0.2, 0.25) is 0 Å². The molecule has 7 N–H and O–H groups in total. The number of hydrogen-bond donors (Lipinski definition) is 6. The number of carbonyl (C=O) groups excluding carboxylic acids is 2. The molecule has 1 atom stereocenters. The lowest BCUT2D eigenvalue weighted by atomic mass is 9.98. The summed E-state index contributed by atoms with van der Waals surface area (Å²) in [5.74, 6) is -1.91. The van der Waals surface area contributed by atoms with Gasteiger partial charge in [-0.25, -0.2) is 9.59 Å². The number of alkyl carbamates (subject to hydrolysis) is 1. The van der Waals surface area contributed by atoms with Crippen LogP contribution in [0.1, 0.15) is 36.3 Å². The fraction of sp³-hybridized carbons (Fsp3) is 0.333. The van der Waals surface area contributed by atoms with Crippen molar-refractivity contribution >= 4 is 23.9 Å². The van der Waals surface area contributed by atoms with E-state index in [1.807, 2.05) is 36.4 Å². The molecule has 0 spiro atoms. The number of guanidine groups is 1. The molecule has 0 heterocycles. The molecule has 10 nitrogen and oxygen atoms in total. The molecule has 0 saturated carbocycles. The van der Waals surface area contributed by atoms with E-state index in [1.165, 1.54) is 0 Å². The highest BCUT2D eigenvalue weighted by molar-refractivity contribution is 5.84.